The number of ether oxygens (including phenoxy) is 1. The Labute approximate surface area is 206 Å². The molecule has 2 nitrogen and oxygen atoms in total. The number of fused-ring (bicyclic) bond motifs is 1. The lowest BCUT2D eigenvalue weighted by molar-refractivity contribution is -0.133. The predicted molar refractivity (Wildman–Crippen MR) is 134 cm³/mol. The van der Waals surface area contributed by atoms with Crippen molar-refractivity contribution < 1.29 is 17.9 Å². The maximum Gasteiger partial charge on any atom is 0.426 e. The van der Waals surface area contributed by atoms with E-state index in [2.05, 4.69) is 17.9 Å². The molecule has 0 aliphatic carbocycles. The zero-order valence-corrected chi connectivity index (χ0v) is 20.1. The maximum atomic E-state index is 13.9. The number of thiophene rings is 1. The van der Waals surface area contributed by atoms with Gasteiger partial charge in [-0.2, -0.15) is 18.4 Å². The smallest absolute Gasteiger partial charge is 0.426 e. The highest BCUT2D eigenvalue weighted by Crippen LogP contribution is 2.47. The van der Waals surface area contributed by atoms with E-state index < -0.39 is 11.1 Å². The molecule has 0 bridgehead atoms. The van der Waals surface area contributed by atoms with Gasteiger partial charge in [0.2, 0.25) is 0 Å². The number of halogens is 3. The molecule has 0 N–H and O–H groups in total. The fourth-order valence-electron chi connectivity index (χ4n) is 4.04. The normalized spacial score (nSPS) is 12.0. The first-order valence-electron chi connectivity index (χ1n) is 11.0. The summed E-state index contributed by atoms with van der Waals surface area (Å²) in [6.45, 7) is 3.79. The van der Waals surface area contributed by atoms with Gasteiger partial charge >= 0.3 is 6.18 Å². The van der Waals surface area contributed by atoms with Gasteiger partial charge in [0.05, 0.1) is 18.4 Å². The molecule has 4 aromatic rings. The van der Waals surface area contributed by atoms with Crippen molar-refractivity contribution in [1.82, 2.24) is 0 Å². The van der Waals surface area contributed by atoms with E-state index in [9.17, 15) is 13.2 Å². The molecule has 0 fully saturated rings. The van der Waals surface area contributed by atoms with E-state index in [-0.39, 0.29) is 18.1 Å². The van der Waals surface area contributed by atoms with Crippen LogP contribution in [0.2, 0.25) is 0 Å². The van der Waals surface area contributed by atoms with E-state index in [1.54, 1.807) is 37.3 Å². The molecule has 0 radical (unpaired) electrons. The van der Waals surface area contributed by atoms with Crippen molar-refractivity contribution in [2.75, 3.05) is 0 Å². The molecule has 1 aromatic heterocycles. The summed E-state index contributed by atoms with van der Waals surface area (Å²) in [5, 5.41) is 9.59. The summed E-state index contributed by atoms with van der Waals surface area (Å²) in [6.07, 6.45) is -4.13. The van der Waals surface area contributed by atoms with Gasteiger partial charge in [-0.25, -0.2) is 0 Å². The van der Waals surface area contributed by atoms with Crippen molar-refractivity contribution in [2.24, 2.45) is 0 Å². The van der Waals surface area contributed by atoms with Crippen LogP contribution in [0.1, 0.15) is 40.8 Å². The number of alkyl halides is 3. The average molecular weight is 490 g/mol. The minimum atomic E-state index is -4.44. The molecule has 0 saturated carbocycles. The van der Waals surface area contributed by atoms with Crippen molar-refractivity contribution in [2.45, 2.75) is 39.0 Å². The quantitative estimate of drug-likeness (QED) is 0.254. The highest BCUT2D eigenvalue weighted by molar-refractivity contribution is 7.19. The van der Waals surface area contributed by atoms with Gasteiger partial charge in [-0.15, -0.1) is 17.3 Å². The lowest BCUT2D eigenvalue weighted by Crippen LogP contribution is -2.04. The third kappa shape index (κ3) is 5.34. The average Bonchev–Trinajstić information content (AvgIpc) is 3.23. The van der Waals surface area contributed by atoms with Crippen LogP contribution < -0.4 is 4.74 Å². The van der Waals surface area contributed by atoms with E-state index in [1.807, 2.05) is 43.3 Å². The van der Waals surface area contributed by atoms with Crippen LogP contribution in [0.25, 0.3) is 21.2 Å². The molecule has 176 valence electrons. The molecule has 1 atom stereocenters. The zero-order chi connectivity index (χ0) is 25.0. The van der Waals surface area contributed by atoms with Gasteiger partial charge in [-0.05, 0) is 60.4 Å². The molecule has 3 aromatic carbocycles. The highest BCUT2D eigenvalue weighted by atomic mass is 32.1. The molecular weight excluding hydrogens is 467 g/mol. The van der Waals surface area contributed by atoms with Gasteiger partial charge in [-0.1, -0.05) is 48.4 Å². The summed E-state index contributed by atoms with van der Waals surface area (Å²) in [6, 6.07) is 22.0. The first kappa shape index (κ1) is 24.4. The minimum absolute atomic E-state index is 0.150. The second-order valence-corrected chi connectivity index (χ2v) is 9.17. The van der Waals surface area contributed by atoms with Crippen molar-refractivity contribution in [3.63, 3.8) is 0 Å². The lowest BCUT2D eigenvalue weighted by Gasteiger charge is -2.12. The van der Waals surface area contributed by atoms with Gasteiger partial charge in [0.25, 0.3) is 0 Å². The second-order valence-electron chi connectivity index (χ2n) is 8.12. The SMILES string of the molecule is CC#C[C@@H](CC#N)c1ccc(OCc2ccc3sc(C(F)(F)F)c(-c4ccccc4C)c3c2)cc1. The predicted octanol–water partition coefficient (Wildman–Crippen LogP) is 8.50. The standard InChI is InChI=1S/C29H22F3NOS/c1-3-6-21(15-16-33)22-10-12-23(13-11-22)34-18-20-9-14-26-25(17-20)27(28(35-26)29(30,31)32)24-8-5-4-7-19(24)2/h4-5,7-14,17,21H,15,18H2,1-2H3/t21-/m0/s1. The molecular formula is C29H22F3NOS. The van der Waals surface area contributed by atoms with Crippen LogP contribution in [-0.4, -0.2) is 0 Å². The monoisotopic (exact) mass is 489 g/mol. The number of benzene rings is 3. The molecule has 0 aliphatic heterocycles. The Bertz CT molecular complexity index is 1450. The maximum absolute atomic E-state index is 13.9. The molecule has 0 unspecified atom stereocenters. The van der Waals surface area contributed by atoms with Crippen molar-refractivity contribution >= 4 is 21.4 Å². The Balaban J connectivity index is 1.63. The van der Waals surface area contributed by atoms with Gasteiger partial charge < -0.3 is 4.74 Å². The third-order valence-corrected chi connectivity index (χ3v) is 6.94. The van der Waals surface area contributed by atoms with Crippen LogP contribution in [0.5, 0.6) is 5.75 Å². The van der Waals surface area contributed by atoms with Gasteiger partial charge in [-0.3, -0.25) is 0 Å². The van der Waals surface area contributed by atoms with Crippen molar-refractivity contribution in [3.05, 3.63) is 88.3 Å². The first-order chi connectivity index (χ1) is 16.8. The molecule has 1 heterocycles. The zero-order valence-electron chi connectivity index (χ0n) is 19.2. The summed E-state index contributed by atoms with van der Waals surface area (Å²) >= 11 is 0.770. The number of nitriles is 1. The Kier molecular flexibility index (Phi) is 7.15. The van der Waals surface area contributed by atoms with E-state index in [4.69, 9.17) is 10.00 Å². The number of aryl methyl sites for hydroxylation is 1. The van der Waals surface area contributed by atoms with Crippen LogP contribution in [0, 0.1) is 30.1 Å². The molecule has 4 rings (SSSR count). The van der Waals surface area contributed by atoms with Gasteiger partial charge in [0, 0.05) is 15.6 Å². The Hall–Kier alpha value is -3.74. The summed E-state index contributed by atoms with van der Waals surface area (Å²) < 4.78 is 48.3. The molecule has 0 aliphatic rings. The Morgan fingerprint density at radius 3 is 2.43 bits per heavy atom. The largest absolute Gasteiger partial charge is 0.489 e. The van der Waals surface area contributed by atoms with Crippen molar-refractivity contribution in [3.8, 4) is 34.8 Å². The number of rotatable bonds is 6. The van der Waals surface area contributed by atoms with E-state index in [1.165, 1.54) is 0 Å². The van der Waals surface area contributed by atoms with Gasteiger partial charge in [0.1, 0.15) is 17.2 Å². The van der Waals surface area contributed by atoms with Gasteiger partial charge in [0.15, 0.2) is 0 Å². The van der Waals surface area contributed by atoms with Crippen LogP contribution >= 0.6 is 11.3 Å². The molecule has 0 saturated heterocycles. The Morgan fingerprint density at radius 2 is 1.77 bits per heavy atom. The van der Waals surface area contributed by atoms with E-state index in [0.29, 0.717) is 27.8 Å². The van der Waals surface area contributed by atoms with E-state index in [0.717, 1.165) is 28.0 Å². The topological polar surface area (TPSA) is 33.0 Å². The Morgan fingerprint density at radius 1 is 1.03 bits per heavy atom. The fraction of sp³-hybridized carbons (Fsp3) is 0.207. The highest BCUT2D eigenvalue weighted by Gasteiger charge is 2.37. The molecule has 6 heteroatoms. The molecule has 0 spiro atoms. The summed E-state index contributed by atoms with van der Waals surface area (Å²) in [4.78, 5) is -0.586. The molecule has 0 amide bonds. The summed E-state index contributed by atoms with van der Waals surface area (Å²) in [7, 11) is 0. The van der Waals surface area contributed by atoms with Crippen LogP contribution in [0.15, 0.2) is 66.7 Å². The van der Waals surface area contributed by atoms with Crippen molar-refractivity contribution in [1.29, 1.82) is 5.26 Å². The van der Waals surface area contributed by atoms with Crippen LogP contribution in [-0.2, 0) is 12.8 Å². The molecule has 35 heavy (non-hydrogen) atoms. The number of nitrogens with zero attached hydrogens (tertiary/aromatic N) is 1. The number of hydrogen-bond acceptors (Lipinski definition) is 3. The fourth-order valence-corrected chi connectivity index (χ4v) is 5.10. The van der Waals surface area contributed by atoms with E-state index >= 15 is 0 Å². The summed E-state index contributed by atoms with van der Waals surface area (Å²) in [5.41, 5.74) is 3.32. The third-order valence-electron chi connectivity index (χ3n) is 5.73. The van der Waals surface area contributed by atoms with Crippen LogP contribution in [0.3, 0.4) is 0 Å². The first-order valence-corrected chi connectivity index (χ1v) is 11.8. The second kappa shape index (κ2) is 10.3. The van der Waals surface area contributed by atoms with Crippen LogP contribution in [0.4, 0.5) is 13.2 Å². The minimum Gasteiger partial charge on any atom is -0.489 e. The number of hydrogen-bond donors (Lipinski definition) is 0. The lowest BCUT2D eigenvalue weighted by atomic mass is 9.96. The summed E-state index contributed by atoms with van der Waals surface area (Å²) in [5.74, 6) is 6.38.